The number of fused-ring (bicyclic) bond motifs is 1. The summed E-state index contributed by atoms with van der Waals surface area (Å²) in [5.41, 5.74) is 1.16. The van der Waals surface area contributed by atoms with E-state index >= 15 is 0 Å². The smallest absolute Gasteiger partial charge is 0.227 e. The number of ether oxygens (including phenoxy) is 1. The fourth-order valence-corrected chi connectivity index (χ4v) is 3.84. The number of hydrogen-bond donors (Lipinski definition) is 1. The van der Waals surface area contributed by atoms with Crippen LogP contribution in [0.2, 0.25) is 0 Å². The first-order valence-electron chi connectivity index (χ1n) is 8.79. The second-order valence-corrected chi connectivity index (χ2v) is 6.77. The van der Waals surface area contributed by atoms with Crippen molar-refractivity contribution >= 4 is 5.91 Å². The molecule has 1 aromatic carbocycles. The monoisotopic (exact) mass is 301 g/mol. The van der Waals surface area contributed by atoms with Gasteiger partial charge in [0.1, 0.15) is 12.4 Å². The van der Waals surface area contributed by atoms with Gasteiger partial charge in [-0.15, -0.1) is 0 Å². The molecule has 1 aliphatic carbocycles. The van der Waals surface area contributed by atoms with Crippen LogP contribution in [0.1, 0.15) is 51.0 Å². The molecule has 3 nitrogen and oxygen atoms in total. The van der Waals surface area contributed by atoms with Gasteiger partial charge in [0, 0.05) is 6.04 Å². The van der Waals surface area contributed by atoms with Crippen LogP contribution in [0.25, 0.3) is 0 Å². The highest BCUT2D eigenvalue weighted by atomic mass is 16.5. The van der Waals surface area contributed by atoms with E-state index in [-0.39, 0.29) is 11.8 Å². The molecule has 1 aromatic rings. The Bertz CT molecular complexity index is 514. The quantitative estimate of drug-likeness (QED) is 0.900. The average Bonchev–Trinajstić information content (AvgIpc) is 2.99. The highest BCUT2D eigenvalue weighted by molar-refractivity contribution is 5.80. The van der Waals surface area contributed by atoms with Crippen LogP contribution in [0.3, 0.4) is 0 Å². The van der Waals surface area contributed by atoms with Gasteiger partial charge in [0.15, 0.2) is 0 Å². The summed E-state index contributed by atoms with van der Waals surface area (Å²) in [4.78, 5) is 12.6. The number of benzene rings is 1. The van der Waals surface area contributed by atoms with E-state index in [2.05, 4.69) is 18.3 Å². The second-order valence-electron chi connectivity index (χ2n) is 6.77. The van der Waals surface area contributed by atoms with Gasteiger partial charge in [0.05, 0.1) is 5.92 Å². The maximum Gasteiger partial charge on any atom is 0.227 e. The van der Waals surface area contributed by atoms with E-state index in [1.807, 2.05) is 18.2 Å². The molecular formula is C19H27NO2. The van der Waals surface area contributed by atoms with Crippen molar-refractivity contribution in [3.8, 4) is 5.75 Å². The summed E-state index contributed by atoms with van der Waals surface area (Å²) >= 11 is 0. The molecule has 1 saturated carbocycles. The number of hydrogen-bond acceptors (Lipinski definition) is 2. The van der Waals surface area contributed by atoms with Crippen molar-refractivity contribution in [2.24, 2.45) is 11.8 Å². The summed E-state index contributed by atoms with van der Waals surface area (Å²) in [7, 11) is 0. The lowest BCUT2D eigenvalue weighted by Gasteiger charge is -2.27. The van der Waals surface area contributed by atoms with Crippen molar-refractivity contribution in [1.29, 1.82) is 0 Å². The van der Waals surface area contributed by atoms with Crippen molar-refractivity contribution in [2.75, 3.05) is 6.61 Å². The number of amides is 1. The highest BCUT2D eigenvalue weighted by Gasteiger charge is 2.32. The van der Waals surface area contributed by atoms with Crippen molar-refractivity contribution in [1.82, 2.24) is 5.32 Å². The van der Waals surface area contributed by atoms with Gasteiger partial charge in [-0.1, -0.05) is 44.4 Å². The van der Waals surface area contributed by atoms with E-state index in [9.17, 15) is 4.79 Å². The Kier molecular flexibility index (Phi) is 5.01. The minimum atomic E-state index is -0.0395. The largest absolute Gasteiger partial charge is 0.492 e. The summed E-state index contributed by atoms with van der Waals surface area (Å²) in [5, 5.41) is 3.32. The maximum absolute atomic E-state index is 12.6. The molecule has 22 heavy (non-hydrogen) atoms. The van der Waals surface area contributed by atoms with Gasteiger partial charge in [-0.25, -0.2) is 0 Å². The van der Waals surface area contributed by atoms with Crippen LogP contribution in [0.5, 0.6) is 5.75 Å². The third kappa shape index (κ3) is 3.45. The second kappa shape index (κ2) is 7.17. The molecule has 2 aliphatic rings. The molecule has 120 valence electrons. The molecule has 0 aromatic heterocycles. The van der Waals surface area contributed by atoms with E-state index in [0.29, 0.717) is 18.6 Å². The molecule has 1 N–H and O–H groups in total. The fourth-order valence-electron chi connectivity index (χ4n) is 3.84. The van der Waals surface area contributed by atoms with E-state index in [1.165, 1.54) is 32.1 Å². The molecule has 1 amide bonds. The Morgan fingerprint density at radius 1 is 1.32 bits per heavy atom. The molecule has 0 radical (unpaired) electrons. The number of nitrogens with one attached hydrogen (secondary N) is 1. The Labute approximate surface area is 133 Å². The van der Waals surface area contributed by atoms with Gasteiger partial charge >= 0.3 is 0 Å². The Morgan fingerprint density at radius 3 is 3.05 bits per heavy atom. The molecule has 1 aliphatic heterocycles. The molecule has 1 heterocycles. The summed E-state index contributed by atoms with van der Waals surface area (Å²) in [6.45, 7) is 2.74. The van der Waals surface area contributed by atoms with Gasteiger partial charge in [-0.2, -0.15) is 0 Å². The average molecular weight is 301 g/mol. The predicted octanol–water partition coefficient (Wildman–Crippen LogP) is 3.71. The van der Waals surface area contributed by atoms with Crippen LogP contribution in [0, 0.1) is 11.8 Å². The standard InChI is InChI=1S/C19H27NO2/c1-2-3-7-14-9-6-10-17(14)20-19(21)16-12-15-8-4-5-11-18(15)22-13-16/h4-5,8,11,14,16-17H,2-3,6-7,9-10,12-13H2,1H3,(H,20,21). The first-order valence-corrected chi connectivity index (χ1v) is 8.79. The molecule has 3 atom stereocenters. The van der Waals surface area contributed by atoms with Crippen LogP contribution >= 0.6 is 0 Å². The van der Waals surface area contributed by atoms with Crippen LogP contribution < -0.4 is 10.1 Å². The minimum absolute atomic E-state index is 0.0395. The van der Waals surface area contributed by atoms with Crippen LogP contribution in [0.4, 0.5) is 0 Å². The van der Waals surface area contributed by atoms with Crippen LogP contribution in [-0.4, -0.2) is 18.6 Å². The zero-order valence-corrected chi connectivity index (χ0v) is 13.5. The number of carbonyl (C=O) groups excluding carboxylic acids is 1. The Hall–Kier alpha value is -1.51. The molecule has 0 spiro atoms. The molecule has 3 heteroatoms. The number of rotatable bonds is 5. The fraction of sp³-hybridized carbons (Fsp3) is 0.632. The van der Waals surface area contributed by atoms with Crippen LogP contribution in [-0.2, 0) is 11.2 Å². The number of carbonyl (C=O) groups is 1. The number of para-hydroxylation sites is 1. The van der Waals surface area contributed by atoms with Crippen molar-refractivity contribution in [3.63, 3.8) is 0 Å². The third-order valence-corrected chi connectivity index (χ3v) is 5.16. The zero-order chi connectivity index (χ0) is 15.4. The first kappa shape index (κ1) is 15.4. The molecular weight excluding hydrogens is 274 g/mol. The summed E-state index contributed by atoms with van der Waals surface area (Å²) in [6.07, 6.45) is 8.24. The predicted molar refractivity (Wildman–Crippen MR) is 87.9 cm³/mol. The van der Waals surface area contributed by atoms with Gasteiger partial charge in [0.2, 0.25) is 5.91 Å². The lowest BCUT2D eigenvalue weighted by atomic mass is 9.93. The van der Waals surface area contributed by atoms with E-state index in [0.717, 1.165) is 24.2 Å². The lowest BCUT2D eigenvalue weighted by Crippen LogP contribution is -2.44. The van der Waals surface area contributed by atoms with E-state index < -0.39 is 0 Å². The maximum atomic E-state index is 12.6. The lowest BCUT2D eigenvalue weighted by molar-refractivity contribution is -0.127. The Morgan fingerprint density at radius 2 is 2.18 bits per heavy atom. The van der Waals surface area contributed by atoms with Crippen LogP contribution in [0.15, 0.2) is 24.3 Å². The van der Waals surface area contributed by atoms with Gasteiger partial charge < -0.3 is 10.1 Å². The first-order chi connectivity index (χ1) is 10.8. The molecule has 3 unspecified atom stereocenters. The van der Waals surface area contributed by atoms with E-state index in [1.54, 1.807) is 0 Å². The molecule has 1 fully saturated rings. The number of unbranched alkanes of at least 4 members (excludes halogenated alkanes) is 1. The summed E-state index contributed by atoms with van der Waals surface area (Å²) in [6, 6.07) is 8.43. The topological polar surface area (TPSA) is 38.3 Å². The van der Waals surface area contributed by atoms with E-state index in [4.69, 9.17) is 4.74 Å². The third-order valence-electron chi connectivity index (χ3n) is 5.16. The summed E-state index contributed by atoms with van der Waals surface area (Å²) in [5.74, 6) is 1.76. The zero-order valence-electron chi connectivity index (χ0n) is 13.5. The molecule has 3 rings (SSSR count). The summed E-state index contributed by atoms with van der Waals surface area (Å²) < 4.78 is 5.75. The van der Waals surface area contributed by atoms with Gasteiger partial charge in [0.25, 0.3) is 0 Å². The molecule has 0 bridgehead atoms. The Balaban J connectivity index is 1.56. The minimum Gasteiger partial charge on any atom is -0.492 e. The molecule has 0 saturated heterocycles. The van der Waals surface area contributed by atoms with Crippen molar-refractivity contribution in [2.45, 2.75) is 57.9 Å². The highest BCUT2D eigenvalue weighted by Crippen LogP contribution is 2.31. The normalized spacial score (nSPS) is 27.0. The SMILES string of the molecule is CCCCC1CCCC1NC(=O)C1COc2ccccc2C1. The van der Waals surface area contributed by atoms with Gasteiger partial charge in [-0.3, -0.25) is 4.79 Å². The van der Waals surface area contributed by atoms with Gasteiger partial charge in [-0.05, 0) is 43.2 Å². The van der Waals surface area contributed by atoms with Crippen molar-refractivity contribution < 1.29 is 9.53 Å². The van der Waals surface area contributed by atoms with Crippen molar-refractivity contribution in [3.05, 3.63) is 29.8 Å².